The first-order valence-corrected chi connectivity index (χ1v) is 6.00. The van der Waals surface area contributed by atoms with Gasteiger partial charge in [-0.3, -0.25) is 4.40 Å². The van der Waals surface area contributed by atoms with Gasteiger partial charge in [0.1, 0.15) is 0 Å². The van der Waals surface area contributed by atoms with E-state index in [0.717, 1.165) is 18.1 Å². The van der Waals surface area contributed by atoms with Crippen LogP contribution in [-0.2, 0) is 0 Å². The molecule has 0 bridgehead atoms. The number of hydrogen-bond donors (Lipinski definition) is 1. The Morgan fingerprint density at radius 1 is 1.56 bits per heavy atom. The molecule has 0 fully saturated rings. The van der Waals surface area contributed by atoms with Crippen LogP contribution in [0.15, 0.2) is 11.6 Å². The Bertz CT molecular complexity index is 513. The van der Waals surface area contributed by atoms with Crippen molar-refractivity contribution in [2.45, 2.75) is 13.8 Å². The summed E-state index contributed by atoms with van der Waals surface area (Å²) in [5, 5.41) is 11.1. The molecule has 0 saturated carbocycles. The Labute approximate surface area is 96.9 Å². The minimum absolute atomic E-state index is 0.250. The Kier molecular flexibility index (Phi) is 2.82. The molecule has 0 unspecified atom stereocenters. The molecule has 1 N–H and O–H groups in total. The number of carboxylic acid groups (broad SMARTS) is 1. The van der Waals surface area contributed by atoms with Gasteiger partial charge in [0.2, 0.25) is 0 Å². The van der Waals surface area contributed by atoms with E-state index in [9.17, 15) is 9.90 Å². The van der Waals surface area contributed by atoms with Crippen molar-refractivity contribution in [1.29, 1.82) is 0 Å². The number of anilines is 1. The summed E-state index contributed by atoms with van der Waals surface area (Å²) < 4.78 is 1.63. The predicted molar refractivity (Wildman–Crippen MR) is 63.6 cm³/mol. The van der Waals surface area contributed by atoms with Crippen LogP contribution in [0.3, 0.4) is 0 Å². The van der Waals surface area contributed by atoms with Gasteiger partial charge in [-0.15, -0.1) is 11.3 Å². The van der Waals surface area contributed by atoms with Crippen molar-refractivity contribution >= 4 is 28.1 Å². The summed E-state index contributed by atoms with van der Waals surface area (Å²) in [6.07, 6.45) is 1.74. The van der Waals surface area contributed by atoms with Crippen LogP contribution in [-0.4, -0.2) is 33.6 Å². The van der Waals surface area contributed by atoms with Crippen LogP contribution >= 0.6 is 11.3 Å². The Hall–Kier alpha value is -1.56. The molecule has 2 aromatic rings. The average molecular weight is 239 g/mol. The Morgan fingerprint density at radius 2 is 2.25 bits per heavy atom. The number of aromatic nitrogens is 2. The molecule has 0 saturated heterocycles. The van der Waals surface area contributed by atoms with Crippen molar-refractivity contribution < 1.29 is 9.90 Å². The zero-order valence-electron chi connectivity index (χ0n) is 9.17. The van der Waals surface area contributed by atoms with Crippen molar-refractivity contribution in [3.05, 3.63) is 17.3 Å². The number of carbonyl (C=O) groups is 1. The summed E-state index contributed by atoms with van der Waals surface area (Å²) in [4.78, 5) is 18.3. The zero-order valence-corrected chi connectivity index (χ0v) is 9.99. The van der Waals surface area contributed by atoms with Gasteiger partial charge in [-0.2, -0.15) is 0 Å². The molecular formula is C10H13N3O2S. The van der Waals surface area contributed by atoms with Crippen molar-refractivity contribution in [2.75, 3.05) is 18.0 Å². The lowest BCUT2D eigenvalue weighted by Gasteiger charge is -2.18. The number of hydrogen-bond acceptors (Lipinski definition) is 4. The second kappa shape index (κ2) is 4.13. The first-order chi connectivity index (χ1) is 7.69. The van der Waals surface area contributed by atoms with Gasteiger partial charge in [0.05, 0.1) is 0 Å². The van der Waals surface area contributed by atoms with Gasteiger partial charge in [0, 0.05) is 24.7 Å². The molecule has 2 rings (SSSR count). The molecule has 0 amide bonds. The lowest BCUT2D eigenvalue weighted by Crippen LogP contribution is -2.24. The van der Waals surface area contributed by atoms with Gasteiger partial charge in [0.25, 0.3) is 0 Å². The molecule has 86 valence electrons. The first-order valence-electron chi connectivity index (χ1n) is 5.12. The Balaban J connectivity index is 2.63. The lowest BCUT2D eigenvalue weighted by atomic mass is 10.4. The van der Waals surface area contributed by atoms with E-state index in [1.807, 2.05) is 24.1 Å². The quantitative estimate of drug-likeness (QED) is 0.885. The summed E-state index contributed by atoms with van der Waals surface area (Å²) in [5.41, 5.74) is 0.250. The number of rotatable bonds is 4. The van der Waals surface area contributed by atoms with Gasteiger partial charge in [-0.1, -0.05) is 0 Å². The summed E-state index contributed by atoms with van der Waals surface area (Å²) in [6.45, 7) is 5.48. The van der Waals surface area contributed by atoms with Crippen LogP contribution in [0.4, 0.5) is 5.82 Å². The van der Waals surface area contributed by atoms with E-state index in [2.05, 4.69) is 4.98 Å². The van der Waals surface area contributed by atoms with Crippen LogP contribution in [0.25, 0.3) is 4.96 Å². The minimum Gasteiger partial charge on any atom is -0.476 e. The molecule has 5 nitrogen and oxygen atoms in total. The molecular weight excluding hydrogens is 226 g/mol. The fourth-order valence-electron chi connectivity index (χ4n) is 1.72. The van der Waals surface area contributed by atoms with Gasteiger partial charge in [0.15, 0.2) is 16.5 Å². The molecule has 0 atom stereocenters. The maximum absolute atomic E-state index is 11.2. The molecule has 0 aliphatic rings. The van der Waals surface area contributed by atoms with E-state index >= 15 is 0 Å². The highest BCUT2D eigenvalue weighted by Crippen LogP contribution is 2.24. The van der Waals surface area contributed by atoms with E-state index in [4.69, 9.17) is 0 Å². The second-order valence-corrected chi connectivity index (χ2v) is 4.19. The zero-order chi connectivity index (χ0) is 11.7. The molecule has 0 aromatic carbocycles. The number of thiazole rings is 1. The number of carboxylic acids is 1. The molecule has 2 aromatic heterocycles. The molecule has 16 heavy (non-hydrogen) atoms. The number of imidazole rings is 1. The molecule has 0 aliphatic carbocycles. The normalized spacial score (nSPS) is 10.9. The third-order valence-electron chi connectivity index (χ3n) is 2.51. The van der Waals surface area contributed by atoms with Crippen LogP contribution in [0.2, 0.25) is 0 Å². The van der Waals surface area contributed by atoms with Crippen molar-refractivity contribution in [2.24, 2.45) is 0 Å². The predicted octanol–water partition coefficient (Wildman–Crippen LogP) is 1.94. The van der Waals surface area contributed by atoms with Gasteiger partial charge < -0.3 is 10.0 Å². The summed E-state index contributed by atoms with van der Waals surface area (Å²) in [6, 6.07) is 0. The summed E-state index contributed by atoms with van der Waals surface area (Å²) >= 11 is 1.44. The molecule has 0 aliphatic heterocycles. The van der Waals surface area contributed by atoms with Crippen LogP contribution < -0.4 is 4.90 Å². The highest BCUT2D eigenvalue weighted by Gasteiger charge is 2.22. The van der Waals surface area contributed by atoms with Gasteiger partial charge in [-0.05, 0) is 13.8 Å². The molecule has 0 radical (unpaired) electrons. The summed E-state index contributed by atoms with van der Waals surface area (Å²) in [5.74, 6) is -0.378. The number of aromatic carboxylic acids is 1. The average Bonchev–Trinajstić information content (AvgIpc) is 2.78. The van der Waals surface area contributed by atoms with Crippen molar-refractivity contribution in [3.8, 4) is 0 Å². The highest BCUT2D eigenvalue weighted by atomic mass is 32.1. The standard InChI is InChI=1S/C10H13N3O2S/c1-3-12(4-2)8-7(9(14)15)13-5-6-16-10(13)11-8/h5-6H,3-4H2,1-2H3,(H,14,15). The monoisotopic (exact) mass is 239 g/mol. The van der Waals surface area contributed by atoms with E-state index in [1.54, 1.807) is 10.6 Å². The second-order valence-electron chi connectivity index (χ2n) is 3.32. The molecule has 0 spiro atoms. The van der Waals surface area contributed by atoms with Gasteiger partial charge in [-0.25, -0.2) is 9.78 Å². The topological polar surface area (TPSA) is 57.8 Å². The van der Waals surface area contributed by atoms with Crippen LogP contribution in [0.5, 0.6) is 0 Å². The maximum Gasteiger partial charge on any atom is 0.356 e. The van der Waals surface area contributed by atoms with Crippen molar-refractivity contribution in [1.82, 2.24) is 9.38 Å². The highest BCUT2D eigenvalue weighted by molar-refractivity contribution is 7.15. The van der Waals surface area contributed by atoms with E-state index in [0.29, 0.717) is 5.82 Å². The maximum atomic E-state index is 11.2. The van der Waals surface area contributed by atoms with E-state index in [1.165, 1.54) is 11.3 Å². The van der Waals surface area contributed by atoms with E-state index < -0.39 is 5.97 Å². The SMILES string of the molecule is CCN(CC)c1nc2sccn2c1C(=O)O. The fourth-order valence-corrected chi connectivity index (χ4v) is 2.43. The Morgan fingerprint density at radius 3 is 2.81 bits per heavy atom. The third-order valence-corrected chi connectivity index (χ3v) is 3.27. The first kappa shape index (κ1) is 10.9. The van der Waals surface area contributed by atoms with E-state index in [-0.39, 0.29) is 5.69 Å². The molecule has 2 heterocycles. The number of fused-ring (bicyclic) bond motifs is 1. The van der Waals surface area contributed by atoms with Gasteiger partial charge >= 0.3 is 5.97 Å². The fraction of sp³-hybridized carbons (Fsp3) is 0.400. The molecule has 6 heteroatoms. The smallest absolute Gasteiger partial charge is 0.356 e. The number of nitrogens with zero attached hydrogens (tertiary/aromatic N) is 3. The third kappa shape index (κ3) is 1.55. The largest absolute Gasteiger partial charge is 0.476 e. The van der Waals surface area contributed by atoms with Crippen LogP contribution in [0, 0.1) is 0 Å². The minimum atomic E-state index is -0.937. The van der Waals surface area contributed by atoms with Crippen LogP contribution in [0.1, 0.15) is 24.3 Å². The van der Waals surface area contributed by atoms with Crippen molar-refractivity contribution in [3.63, 3.8) is 0 Å². The summed E-state index contributed by atoms with van der Waals surface area (Å²) in [7, 11) is 0. The lowest BCUT2D eigenvalue weighted by molar-refractivity contribution is 0.0690.